The molecule has 0 bridgehead atoms. The highest BCUT2D eigenvalue weighted by molar-refractivity contribution is 5.27. The van der Waals surface area contributed by atoms with Crippen LogP contribution in [0.3, 0.4) is 0 Å². The predicted octanol–water partition coefficient (Wildman–Crippen LogP) is 5.73. The van der Waals surface area contributed by atoms with E-state index in [1.54, 1.807) is 7.11 Å². The second kappa shape index (κ2) is 9.77. The highest BCUT2D eigenvalue weighted by atomic mass is 16.5. The van der Waals surface area contributed by atoms with E-state index in [1.807, 2.05) is 0 Å². The van der Waals surface area contributed by atoms with Crippen molar-refractivity contribution in [3.63, 3.8) is 0 Å². The minimum atomic E-state index is -0.0416. The monoisotopic (exact) mass is 395 g/mol. The number of methoxy groups -OCH3 is 1. The van der Waals surface area contributed by atoms with Gasteiger partial charge in [0.1, 0.15) is 5.75 Å². The molecule has 3 nitrogen and oxygen atoms in total. The van der Waals surface area contributed by atoms with Gasteiger partial charge in [0, 0.05) is 13.2 Å². The maximum Gasteiger partial charge on any atom is 0.118 e. The summed E-state index contributed by atoms with van der Waals surface area (Å²) in [5, 5.41) is 0. The van der Waals surface area contributed by atoms with Gasteiger partial charge in [-0.3, -0.25) is 4.90 Å². The maximum absolute atomic E-state index is 6.08. The number of rotatable bonds is 9. The van der Waals surface area contributed by atoms with Crippen LogP contribution in [0.15, 0.2) is 54.6 Å². The molecule has 0 amide bonds. The fraction of sp³-hybridized carbons (Fsp3) is 0.538. The van der Waals surface area contributed by atoms with E-state index in [4.69, 9.17) is 9.47 Å². The SMILES string of the molecule is CCN(CC[C@@]1(Cc2ccccc2)CCOC(C)(C)C1)Cc1ccc(OC)cc1. The molecule has 0 unspecified atom stereocenters. The summed E-state index contributed by atoms with van der Waals surface area (Å²) in [7, 11) is 1.72. The minimum absolute atomic E-state index is 0.0416. The van der Waals surface area contributed by atoms with Crippen molar-refractivity contribution in [2.24, 2.45) is 5.41 Å². The molecular weight excluding hydrogens is 358 g/mol. The molecule has 29 heavy (non-hydrogen) atoms. The van der Waals surface area contributed by atoms with Gasteiger partial charge in [0.2, 0.25) is 0 Å². The van der Waals surface area contributed by atoms with Crippen molar-refractivity contribution >= 4 is 0 Å². The number of hydrogen-bond acceptors (Lipinski definition) is 3. The molecule has 2 aromatic carbocycles. The largest absolute Gasteiger partial charge is 0.497 e. The molecule has 1 fully saturated rings. The smallest absolute Gasteiger partial charge is 0.118 e. The van der Waals surface area contributed by atoms with Crippen molar-refractivity contribution in [3.8, 4) is 5.75 Å². The lowest BCUT2D eigenvalue weighted by atomic mass is 9.68. The van der Waals surface area contributed by atoms with Crippen molar-refractivity contribution in [3.05, 3.63) is 65.7 Å². The number of nitrogens with zero attached hydrogens (tertiary/aromatic N) is 1. The normalized spacial score (nSPS) is 21.3. The third kappa shape index (κ3) is 6.32. The molecule has 0 saturated carbocycles. The van der Waals surface area contributed by atoms with Crippen molar-refractivity contribution in [1.82, 2.24) is 4.90 Å². The van der Waals surface area contributed by atoms with Crippen LogP contribution in [-0.4, -0.2) is 37.3 Å². The van der Waals surface area contributed by atoms with E-state index < -0.39 is 0 Å². The lowest BCUT2D eigenvalue weighted by Crippen LogP contribution is -2.44. The Bertz CT molecular complexity index is 741. The Morgan fingerprint density at radius 3 is 2.34 bits per heavy atom. The summed E-state index contributed by atoms with van der Waals surface area (Å²) in [6, 6.07) is 19.5. The fourth-order valence-electron chi connectivity index (χ4n) is 4.80. The molecule has 2 aromatic rings. The van der Waals surface area contributed by atoms with E-state index in [0.29, 0.717) is 5.41 Å². The third-order valence-electron chi connectivity index (χ3n) is 6.32. The van der Waals surface area contributed by atoms with Crippen molar-refractivity contribution in [2.45, 2.75) is 58.6 Å². The first-order valence-electron chi connectivity index (χ1n) is 11.0. The minimum Gasteiger partial charge on any atom is -0.497 e. The summed E-state index contributed by atoms with van der Waals surface area (Å²) in [6.45, 7) is 10.8. The Morgan fingerprint density at radius 2 is 1.72 bits per heavy atom. The average Bonchev–Trinajstić information content (AvgIpc) is 2.71. The van der Waals surface area contributed by atoms with Gasteiger partial charge in [-0.05, 0) is 81.3 Å². The number of hydrogen-bond donors (Lipinski definition) is 0. The van der Waals surface area contributed by atoms with Crippen LogP contribution in [0.2, 0.25) is 0 Å². The van der Waals surface area contributed by atoms with E-state index in [-0.39, 0.29) is 5.60 Å². The predicted molar refractivity (Wildman–Crippen MR) is 120 cm³/mol. The molecule has 3 heteroatoms. The van der Waals surface area contributed by atoms with Gasteiger partial charge in [0.05, 0.1) is 12.7 Å². The van der Waals surface area contributed by atoms with Gasteiger partial charge in [0.15, 0.2) is 0 Å². The summed E-state index contributed by atoms with van der Waals surface area (Å²) < 4.78 is 11.4. The van der Waals surface area contributed by atoms with Crippen LogP contribution in [-0.2, 0) is 17.7 Å². The highest BCUT2D eigenvalue weighted by Gasteiger charge is 2.40. The van der Waals surface area contributed by atoms with Crippen LogP contribution in [0, 0.1) is 5.41 Å². The Hall–Kier alpha value is -1.84. The summed E-state index contributed by atoms with van der Waals surface area (Å²) in [4.78, 5) is 2.57. The Labute approximate surface area is 177 Å². The maximum atomic E-state index is 6.08. The van der Waals surface area contributed by atoms with E-state index in [0.717, 1.165) is 51.3 Å². The molecule has 0 aromatic heterocycles. The second-order valence-corrected chi connectivity index (χ2v) is 9.16. The Morgan fingerprint density at radius 1 is 1.00 bits per heavy atom. The summed E-state index contributed by atoms with van der Waals surface area (Å²) >= 11 is 0. The van der Waals surface area contributed by atoms with Crippen LogP contribution in [0.4, 0.5) is 0 Å². The van der Waals surface area contributed by atoms with Crippen LogP contribution in [0.1, 0.15) is 51.2 Å². The first-order chi connectivity index (χ1) is 13.9. The quantitative estimate of drug-likeness (QED) is 0.541. The zero-order valence-electron chi connectivity index (χ0n) is 18.6. The van der Waals surface area contributed by atoms with E-state index in [2.05, 4.69) is 80.3 Å². The van der Waals surface area contributed by atoms with Crippen LogP contribution >= 0.6 is 0 Å². The third-order valence-corrected chi connectivity index (χ3v) is 6.32. The number of benzene rings is 2. The van der Waals surface area contributed by atoms with E-state index in [1.165, 1.54) is 17.5 Å². The van der Waals surface area contributed by atoms with Crippen molar-refractivity contribution in [2.75, 3.05) is 26.8 Å². The molecule has 0 aliphatic carbocycles. The fourth-order valence-corrected chi connectivity index (χ4v) is 4.80. The molecule has 1 aliphatic heterocycles. The molecule has 0 radical (unpaired) electrons. The molecule has 3 rings (SSSR count). The summed E-state index contributed by atoms with van der Waals surface area (Å²) in [6.07, 6.45) is 4.61. The van der Waals surface area contributed by atoms with Crippen molar-refractivity contribution < 1.29 is 9.47 Å². The van der Waals surface area contributed by atoms with Gasteiger partial charge in [-0.1, -0.05) is 49.4 Å². The first-order valence-corrected chi connectivity index (χ1v) is 11.0. The van der Waals surface area contributed by atoms with Gasteiger partial charge in [-0.15, -0.1) is 0 Å². The standard InChI is InChI=1S/C26H37NO2/c1-5-27(20-23-11-13-24(28-4)14-12-23)17-15-26(16-18-29-25(2,3)21-26)19-22-9-7-6-8-10-22/h6-14H,5,15-21H2,1-4H3/t26-/m0/s1. The lowest BCUT2D eigenvalue weighted by molar-refractivity contribution is -0.108. The molecule has 158 valence electrons. The highest BCUT2D eigenvalue weighted by Crippen LogP contribution is 2.44. The Balaban J connectivity index is 1.69. The van der Waals surface area contributed by atoms with Gasteiger partial charge in [-0.2, -0.15) is 0 Å². The van der Waals surface area contributed by atoms with Gasteiger partial charge >= 0.3 is 0 Å². The molecule has 0 spiro atoms. The topological polar surface area (TPSA) is 21.7 Å². The summed E-state index contributed by atoms with van der Waals surface area (Å²) in [5.41, 5.74) is 3.05. The van der Waals surface area contributed by atoms with Crippen molar-refractivity contribution in [1.29, 1.82) is 0 Å². The molecule has 1 aliphatic rings. The molecule has 1 heterocycles. The first kappa shape index (κ1) is 21.9. The zero-order valence-corrected chi connectivity index (χ0v) is 18.6. The molecule has 1 atom stereocenters. The van der Waals surface area contributed by atoms with E-state index in [9.17, 15) is 0 Å². The van der Waals surface area contributed by atoms with Crippen LogP contribution < -0.4 is 4.74 Å². The average molecular weight is 396 g/mol. The van der Waals surface area contributed by atoms with Gasteiger partial charge in [0.25, 0.3) is 0 Å². The lowest BCUT2D eigenvalue weighted by Gasteiger charge is -2.46. The Kier molecular flexibility index (Phi) is 7.37. The molecule has 1 saturated heterocycles. The van der Waals surface area contributed by atoms with Crippen LogP contribution in [0.5, 0.6) is 5.75 Å². The second-order valence-electron chi connectivity index (χ2n) is 9.16. The van der Waals surface area contributed by atoms with Gasteiger partial charge < -0.3 is 9.47 Å². The van der Waals surface area contributed by atoms with Crippen LogP contribution in [0.25, 0.3) is 0 Å². The zero-order chi connectivity index (χ0) is 20.7. The number of ether oxygens (including phenoxy) is 2. The molecular formula is C26H37NO2. The van der Waals surface area contributed by atoms with E-state index >= 15 is 0 Å². The van der Waals surface area contributed by atoms with Gasteiger partial charge in [-0.25, -0.2) is 0 Å². The molecule has 0 N–H and O–H groups in total. The summed E-state index contributed by atoms with van der Waals surface area (Å²) in [5.74, 6) is 0.919.